The molecule has 0 aliphatic carbocycles. The van der Waals surface area contributed by atoms with Gasteiger partial charge in [0.1, 0.15) is 17.8 Å². The molecular formula is C21H26N6O2. The predicted octanol–water partition coefficient (Wildman–Crippen LogP) is 2.92. The van der Waals surface area contributed by atoms with Crippen molar-refractivity contribution < 1.29 is 9.47 Å². The number of aromatic amines is 1. The van der Waals surface area contributed by atoms with Gasteiger partial charge in [-0.2, -0.15) is 5.10 Å². The second-order valence-corrected chi connectivity index (χ2v) is 6.43. The molecule has 0 amide bonds. The Kier molecular flexibility index (Phi) is 6.67. The van der Waals surface area contributed by atoms with Crippen LogP contribution in [-0.4, -0.2) is 42.4 Å². The van der Waals surface area contributed by atoms with E-state index in [-0.39, 0.29) is 6.04 Å². The fourth-order valence-electron chi connectivity index (χ4n) is 3.01. The molecule has 1 heterocycles. The summed E-state index contributed by atoms with van der Waals surface area (Å²) in [4.78, 5) is 8.53. The number of nitrogens with zero attached hydrogens (tertiary/aromatic N) is 3. The van der Waals surface area contributed by atoms with Crippen LogP contribution in [0.3, 0.4) is 0 Å². The Hall–Kier alpha value is -3.55. The molecule has 1 aromatic heterocycles. The molecule has 0 aliphatic heterocycles. The number of hydrogen-bond acceptors (Lipinski definition) is 5. The largest absolute Gasteiger partial charge is 0.497 e. The van der Waals surface area contributed by atoms with Crippen LogP contribution in [0.25, 0.3) is 11.4 Å². The van der Waals surface area contributed by atoms with E-state index in [4.69, 9.17) is 9.47 Å². The standard InChI is InChI=1S/C21H26N6O2/c1-14(18-11-17(28-3)8-9-19(18)29-4)26-21(22-2)23-12-15-6-5-7-16(10-15)20-24-13-25-27-20/h5-11,13-14H,12H2,1-4H3,(H2,22,23,26)(H,24,25,27). The average molecular weight is 394 g/mol. The molecule has 1 atom stereocenters. The van der Waals surface area contributed by atoms with Crippen LogP contribution in [-0.2, 0) is 6.54 Å². The molecule has 0 bridgehead atoms. The Bertz CT molecular complexity index is 956. The second-order valence-electron chi connectivity index (χ2n) is 6.43. The molecule has 0 saturated heterocycles. The van der Waals surface area contributed by atoms with E-state index in [2.05, 4.69) is 49.9 Å². The van der Waals surface area contributed by atoms with Gasteiger partial charge in [-0.3, -0.25) is 10.1 Å². The lowest BCUT2D eigenvalue weighted by Gasteiger charge is -2.21. The minimum atomic E-state index is -0.0354. The van der Waals surface area contributed by atoms with Crippen molar-refractivity contribution >= 4 is 5.96 Å². The molecule has 8 heteroatoms. The number of nitrogens with one attached hydrogen (secondary N) is 3. The summed E-state index contributed by atoms with van der Waals surface area (Å²) in [5.74, 6) is 3.00. The third-order valence-electron chi connectivity index (χ3n) is 4.56. The van der Waals surface area contributed by atoms with E-state index in [1.165, 1.54) is 6.33 Å². The monoisotopic (exact) mass is 394 g/mol. The SMILES string of the molecule is CN=C(NCc1cccc(-c2ncn[nH]2)c1)NC(C)c1cc(OC)ccc1OC. The number of aromatic nitrogens is 3. The second kappa shape index (κ2) is 9.59. The quantitative estimate of drug-likeness (QED) is 0.421. The minimum Gasteiger partial charge on any atom is -0.497 e. The van der Waals surface area contributed by atoms with Crippen molar-refractivity contribution in [2.45, 2.75) is 19.5 Å². The van der Waals surface area contributed by atoms with Crippen molar-refractivity contribution in [3.05, 3.63) is 59.9 Å². The average Bonchev–Trinajstić information content (AvgIpc) is 3.31. The van der Waals surface area contributed by atoms with E-state index >= 15 is 0 Å². The zero-order chi connectivity index (χ0) is 20.6. The van der Waals surface area contributed by atoms with E-state index in [9.17, 15) is 0 Å². The third-order valence-corrected chi connectivity index (χ3v) is 4.56. The van der Waals surface area contributed by atoms with Crippen molar-refractivity contribution in [1.82, 2.24) is 25.8 Å². The first kappa shape index (κ1) is 20.2. The maximum Gasteiger partial charge on any atom is 0.191 e. The third kappa shape index (κ3) is 5.04. The molecule has 0 radical (unpaired) electrons. The Labute approximate surface area is 170 Å². The van der Waals surface area contributed by atoms with E-state index in [0.29, 0.717) is 12.5 Å². The first-order valence-corrected chi connectivity index (χ1v) is 9.28. The zero-order valence-electron chi connectivity index (χ0n) is 17.1. The van der Waals surface area contributed by atoms with E-state index < -0.39 is 0 Å². The van der Waals surface area contributed by atoms with Gasteiger partial charge in [0.25, 0.3) is 0 Å². The number of hydrogen-bond donors (Lipinski definition) is 3. The fourth-order valence-corrected chi connectivity index (χ4v) is 3.01. The number of aliphatic imine (C=N–C) groups is 1. The molecule has 3 N–H and O–H groups in total. The first-order chi connectivity index (χ1) is 14.1. The highest BCUT2D eigenvalue weighted by Crippen LogP contribution is 2.29. The number of H-pyrrole nitrogens is 1. The highest BCUT2D eigenvalue weighted by Gasteiger charge is 2.14. The molecule has 1 unspecified atom stereocenters. The summed E-state index contributed by atoms with van der Waals surface area (Å²) >= 11 is 0. The Morgan fingerprint density at radius 3 is 2.72 bits per heavy atom. The molecule has 8 nitrogen and oxygen atoms in total. The molecule has 152 valence electrons. The van der Waals surface area contributed by atoms with Gasteiger partial charge in [-0.05, 0) is 36.8 Å². The van der Waals surface area contributed by atoms with Gasteiger partial charge in [0.05, 0.1) is 20.3 Å². The minimum absolute atomic E-state index is 0.0354. The van der Waals surface area contributed by atoms with Gasteiger partial charge in [-0.15, -0.1) is 0 Å². The number of guanidine groups is 1. The number of ether oxygens (including phenoxy) is 2. The first-order valence-electron chi connectivity index (χ1n) is 9.28. The summed E-state index contributed by atoms with van der Waals surface area (Å²) in [5, 5.41) is 13.5. The van der Waals surface area contributed by atoms with Crippen LogP contribution in [0.15, 0.2) is 53.8 Å². The number of benzene rings is 2. The van der Waals surface area contributed by atoms with Crippen LogP contribution in [0, 0.1) is 0 Å². The van der Waals surface area contributed by atoms with Crippen molar-refractivity contribution in [1.29, 1.82) is 0 Å². The lowest BCUT2D eigenvalue weighted by atomic mass is 10.1. The summed E-state index contributed by atoms with van der Waals surface area (Å²) in [6, 6.07) is 13.8. The van der Waals surface area contributed by atoms with E-state index in [1.807, 2.05) is 30.3 Å². The highest BCUT2D eigenvalue weighted by atomic mass is 16.5. The molecule has 0 aliphatic rings. The molecule has 0 fully saturated rings. The number of rotatable bonds is 7. The van der Waals surface area contributed by atoms with E-state index in [0.717, 1.165) is 34.0 Å². The summed E-state index contributed by atoms with van der Waals surface area (Å²) in [7, 11) is 5.06. The van der Waals surface area contributed by atoms with Gasteiger partial charge in [-0.1, -0.05) is 18.2 Å². The Morgan fingerprint density at radius 1 is 1.17 bits per heavy atom. The lowest BCUT2D eigenvalue weighted by Crippen LogP contribution is -2.38. The van der Waals surface area contributed by atoms with E-state index in [1.54, 1.807) is 21.3 Å². The molecule has 3 rings (SSSR count). The Balaban J connectivity index is 1.66. The molecule has 3 aromatic rings. The molecule has 2 aromatic carbocycles. The van der Waals surface area contributed by atoms with Gasteiger partial charge in [0, 0.05) is 24.7 Å². The number of methoxy groups -OCH3 is 2. The smallest absolute Gasteiger partial charge is 0.191 e. The maximum atomic E-state index is 5.49. The van der Waals surface area contributed by atoms with Crippen molar-refractivity contribution in [2.24, 2.45) is 4.99 Å². The van der Waals surface area contributed by atoms with Crippen molar-refractivity contribution in [3.63, 3.8) is 0 Å². The fraction of sp³-hybridized carbons (Fsp3) is 0.286. The van der Waals surface area contributed by atoms with Gasteiger partial charge in [0.15, 0.2) is 11.8 Å². The Morgan fingerprint density at radius 2 is 2.03 bits per heavy atom. The van der Waals surface area contributed by atoms with Gasteiger partial charge in [-0.25, -0.2) is 4.98 Å². The summed E-state index contributed by atoms with van der Waals surface area (Å²) in [6.45, 7) is 2.66. The van der Waals surface area contributed by atoms with Crippen molar-refractivity contribution in [2.75, 3.05) is 21.3 Å². The molecular weight excluding hydrogens is 368 g/mol. The van der Waals surface area contributed by atoms with Crippen molar-refractivity contribution in [3.8, 4) is 22.9 Å². The summed E-state index contributed by atoms with van der Waals surface area (Å²) < 4.78 is 10.8. The summed E-state index contributed by atoms with van der Waals surface area (Å²) in [6.07, 6.45) is 1.50. The summed E-state index contributed by atoms with van der Waals surface area (Å²) in [5.41, 5.74) is 3.08. The van der Waals surface area contributed by atoms with Gasteiger partial charge < -0.3 is 20.1 Å². The van der Waals surface area contributed by atoms with Crippen LogP contribution >= 0.6 is 0 Å². The van der Waals surface area contributed by atoms with Crippen LogP contribution < -0.4 is 20.1 Å². The normalized spacial score (nSPS) is 12.3. The van der Waals surface area contributed by atoms with Crippen LogP contribution in [0.1, 0.15) is 24.1 Å². The zero-order valence-corrected chi connectivity index (χ0v) is 17.1. The lowest BCUT2D eigenvalue weighted by molar-refractivity contribution is 0.394. The van der Waals surface area contributed by atoms with Crippen LogP contribution in [0.5, 0.6) is 11.5 Å². The topological polar surface area (TPSA) is 96.5 Å². The molecule has 29 heavy (non-hydrogen) atoms. The maximum absolute atomic E-state index is 5.49. The molecule has 0 spiro atoms. The van der Waals surface area contributed by atoms with Gasteiger partial charge in [0.2, 0.25) is 0 Å². The highest BCUT2D eigenvalue weighted by molar-refractivity contribution is 5.80. The van der Waals surface area contributed by atoms with Crippen LogP contribution in [0.2, 0.25) is 0 Å². The predicted molar refractivity (Wildman–Crippen MR) is 113 cm³/mol. The van der Waals surface area contributed by atoms with Crippen LogP contribution in [0.4, 0.5) is 0 Å². The van der Waals surface area contributed by atoms with Gasteiger partial charge >= 0.3 is 0 Å². The molecule has 0 saturated carbocycles.